The number of halogens is 2. The van der Waals surface area contributed by atoms with E-state index in [0.717, 1.165) is 16.7 Å². The molecule has 0 fully saturated rings. The molecule has 13 heteroatoms. The van der Waals surface area contributed by atoms with Crippen molar-refractivity contribution in [1.29, 1.82) is 5.26 Å². The third-order valence-electron chi connectivity index (χ3n) is 6.27. The number of aromatic hydroxyl groups is 1. The molecule has 218 valence electrons. The SMILES string of the molecule is COC[C@@H](c1cc(F)cc(F)c1)n1c(COC(C)C)nc(=O)c(S(=O)(=O)c2ccc(-c3ccncc3C#N)cc2)c1O. The zero-order valence-corrected chi connectivity index (χ0v) is 23.6. The van der Waals surface area contributed by atoms with Crippen molar-refractivity contribution in [1.82, 2.24) is 14.5 Å². The molecule has 2 aromatic heterocycles. The molecule has 0 unspecified atom stereocenters. The summed E-state index contributed by atoms with van der Waals surface area (Å²) in [6, 6.07) is 10.4. The van der Waals surface area contributed by atoms with Crippen molar-refractivity contribution >= 4 is 9.84 Å². The quantitative estimate of drug-likeness (QED) is 0.285. The van der Waals surface area contributed by atoms with Crippen LogP contribution in [0.2, 0.25) is 0 Å². The van der Waals surface area contributed by atoms with Crippen LogP contribution >= 0.6 is 0 Å². The van der Waals surface area contributed by atoms with Crippen LogP contribution in [0.3, 0.4) is 0 Å². The molecule has 1 N–H and O–H groups in total. The van der Waals surface area contributed by atoms with Crippen molar-refractivity contribution in [3.05, 3.63) is 99.9 Å². The van der Waals surface area contributed by atoms with E-state index in [-0.39, 0.29) is 41.2 Å². The Hall–Kier alpha value is -4.51. The highest BCUT2D eigenvalue weighted by molar-refractivity contribution is 7.91. The Morgan fingerprint density at radius 2 is 1.76 bits per heavy atom. The van der Waals surface area contributed by atoms with E-state index in [1.54, 1.807) is 19.9 Å². The van der Waals surface area contributed by atoms with E-state index in [1.165, 1.54) is 43.8 Å². The van der Waals surface area contributed by atoms with Crippen LogP contribution in [0.1, 0.15) is 36.8 Å². The second-order valence-electron chi connectivity index (χ2n) is 9.45. The smallest absolute Gasteiger partial charge is 0.296 e. The molecule has 0 aliphatic rings. The average Bonchev–Trinajstić information content (AvgIpc) is 2.94. The van der Waals surface area contributed by atoms with Crippen LogP contribution in [0.4, 0.5) is 8.78 Å². The highest BCUT2D eigenvalue weighted by Gasteiger charge is 2.33. The van der Waals surface area contributed by atoms with Crippen molar-refractivity contribution in [2.45, 2.75) is 42.4 Å². The monoisotopic (exact) mass is 596 g/mol. The predicted molar refractivity (Wildman–Crippen MR) is 146 cm³/mol. The Labute approximate surface area is 240 Å². The molecule has 0 amide bonds. The van der Waals surface area contributed by atoms with Gasteiger partial charge in [0.05, 0.1) is 29.2 Å². The molecule has 2 heterocycles. The van der Waals surface area contributed by atoms with E-state index in [0.29, 0.717) is 17.2 Å². The van der Waals surface area contributed by atoms with Crippen molar-refractivity contribution in [3.63, 3.8) is 0 Å². The lowest BCUT2D eigenvalue weighted by Gasteiger charge is -2.26. The third kappa shape index (κ3) is 6.20. The summed E-state index contributed by atoms with van der Waals surface area (Å²) in [7, 11) is -3.38. The fourth-order valence-electron chi connectivity index (χ4n) is 4.37. The molecule has 0 bridgehead atoms. The number of benzene rings is 2. The summed E-state index contributed by atoms with van der Waals surface area (Å²) in [4.78, 5) is 19.6. The molecule has 10 nitrogen and oxygen atoms in total. The Kier molecular flexibility index (Phi) is 9.11. The molecule has 0 saturated carbocycles. The number of methoxy groups -OCH3 is 1. The number of rotatable bonds is 10. The first-order valence-electron chi connectivity index (χ1n) is 12.6. The molecule has 42 heavy (non-hydrogen) atoms. The molecule has 0 radical (unpaired) electrons. The summed E-state index contributed by atoms with van der Waals surface area (Å²) in [5, 5.41) is 20.8. The van der Waals surface area contributed by atoms with Crippen LogP contribution in [0.25, 0.3) is 11.1 Å². The minimum absolute atomic E-state index is 0.0146. The highest BCUT2D eigenvalue weighted by atomic mass is 32.2. The summed E-state index contributed by atoms with van der Waals surface area (Å²) < 4.78 is 67.7. The fourth-order valence-corrected chi connectivity index (χ4v) is 5.71. The summed E-state index contributed by atoms with van der Waals surface area (Å²) in [6.45, 7) is 2.81. The Morgan fingerprint density at radius 1 is 1.10 bits per heavy atom. The van der Waals surface area contributed by atoms with Gasteiger partial charge in [0.2, 0.25) is 15.7 Å². The fraction of sp³-hybridized carbons (Fsp3) is 0.241. The van der Waals surface area contributed by atoms with Gasteiger partial charge in [-0.05, 0) is 55.3 Å². The molecule has 1 atom stereocenters. The Bertz CT molecular complexity index is 1800. The summed E-state index contributed by atoms with van der Waals surface area (Å²) in [5.41, 5.74) is 0.0385. The number of aromatic nitrogens is 3. The number of hydrogen-bond acceptors (Lipinski definition) is 9. The number of sulfone groups is 1. The minimum Gasteiger partial charge on any atom is -0.493 e. The number of ether oxygens (including phenoxy) is 2. The van der Waals surface area contributed by atoms with Crippen molar-refractivity contribution in [2.24, 2.45) is 0 Å². The van der Waals surface area contributed by atoms with Crippen LogP contribution in [0, 0.1) is 23.0 Å². The third-order valence-corrected chi connectivity index (χ3v) is 8.06. The molecule has 2 aromatic carbocycles. The van der Waals surface area contributed by atoms with Crippen LogP contribution in [-0.2, 0) is 25.9 Å². The highest BCUT2D eigenvalue weighted by Crippen LogP contribution is 2.33. The summed E-state index contributed by atoms with van der Waals surface area (Å²) >= 11 is 0. The van der Waals surface area contributed by atoms with Gasteiger partial charge in [0.15, 0.2) is 4.90 Å². The molecular formula is C29H26F2N4O6S. The Balaban J connectivity index is 1.91. The number of hydrogen-bond donors (Lipinski definition) is 1. The van der Waals surface area contributed by atoms with Gasteiger partial charge in [0, 0.05) is 31.1 Å². The van der Waals surface area contributed by atoms with Crippen LogP contribution in [0.5, 0.6) is 5.88 Å². The van der Waals surface area contributed by atoms with Gasteiger partial charge >= 0.3 is 0 Å². The van der Waals surface area contributed by atoms with Gasteiger partial charge in [0.25, 0.3) is 5.56 Å². The Morgan fingerprint density at radius 3 is 2.36 bits per heavy atom. The van der Waals surface area contributed by atoms with Crippen molar-refractivity contribution in [2.75, 3.05) is 13.7 Å². The van der Waals surface area contributed by atoms with Gasteiger partial charge < -0.3 is 14.6 Å². The second-order valence-corrected chi connectivity index (χ2v) is 11.3. The second kappa shape index (κ2) is 12.6. The lowest BCUT2D eigenvalue weighted by Crippen LogP contribution is -2.30. The zero-order chi connectivity index (χ0) is 30.6. The lowest BCUT2D eigenvalue weighted by molar-refractivity contribution is 0.0554. The van der Waals surface area contributed by atoms with E-state index >= 15 is 0 Å². The van der Waals surface area contributed by atoms with Gasteiger partial charge in [-0.15, -0.1) is 0 Å². The normalized spacial score (nSPS) is 12.3. The van der Waals surface area contributed by atoms with Gasteiger partial charge in [-0.1, -0.05) is 12.1 Å². The first-order chi connectivity index (χ1) is 20.0. The van der Waals surface area contributed by atoms with E-state index < -0.39 is 43.8 Å². The van der Waals surface area contributed by atoms with E-state index in [2.05, 4.69) is 9.97 Å². The number of nitriles is 1. The maximum atomic E-state index is 14.2. The zero-order valence-electron chi connectivity index (χ0n) is 22.8. The molecule has 0 spiro atoms. The van der Waals surface area contributed by atoms with Gasteiger partial charge in [-0.25, -0.2) is 17.2 Å². The lowest BCUT2D eigenvalue weighted by atomic mass is 10.0. The number of nitrogens with zero attached hydrogens (tertiary/aromatic N) is 4. The average molecular weight is 597 g/mol. The van der Waals surface area contributed by atoms with Gasteiger partial charge in [-0.3, -0.25) is 14.3 Å². The van der Waals surface area contributed by atoms with Crippen LogP contribution < -0.4 is 5.56 Å². The van der Waals surface area contributed by atoms with E-state index in [1.807, 2.05) is 6.07 Å². The van der Waals surface area contributed by atoms with Crippen LogP contribution in [-0.4, -0.2) is 47.9 Å². The summed E-state index contributed by atoms with van der Waals surface area (Å²) in [6.07, 6.45) is 2.52. The first-order valence-corrected chi connectivity index (χ1v) is 14.1. The van der Waals surface area contributed by atoms with E-state index in [4.69, 9.17) is 9.47 Å². The molecule has 0 aliphatic heterocycles. The minimum atomic E-state index is -4.69. The standard InChI is InChI=1S/C29H26F2N4O6S/c1-17(2)41-16-26-34-28(36)27(29(37)35(26)25(15-40-3)19-10-21(30)12-22(31)11-19)42(38,39)23-6-4-18(5-7-23)24-8-9-33-14-20(24)13-32/h4-12,14,17,25,37H,15-16H2,1-3H3/t25-/m0/s1. The largest absolute Gasteiger partial charge is 0.493 e. The molecule has 0 saturated heterocycles. The molecule has 4 aromatic rings. The van der Waals surface area contributed by atoms with Crippen molar-refractivity contribution in [3.8, 4) is 23.1 Å². The molecular weight excluding hydrogens is 570 g/mol. The predicted octanol–water partition coefficient (Wildman–Crippen LogP) is 4.15. The maximum absolute atomic E-state index is 14.2. The summed E-state index contributed by atoms with van der Waals surface area (Å²) in [5.74, 6) is -3.02. The molecule has 0 aliphatic carbocycles. The first kappa shape index (κ1) is 30.4. The van der Waals surface area contributed by atoms with Crippen molar-refractivity contribution < 1.29 is 31.8 Å². The van der Waals surface area contributed by atoms with E-state index in [9.17, 15) is 32.4 Å². The van der Waals surface area contributed by atoms with Gasteiger partial charge in [-0.2, -0.15) is 10.2 Å². The van der Waals surface area contributed by atoms with Gasteiger partial charge in [0.1, 0.15) is 30.1 Å². The molecule has 4 rings (SSSR count). The number of pyridine rings is 1. The van der Waals surface area contributed by atoms with Crippen LogP contribution in [0.15, 0.2) is 75.5 Å². The maximum Gasteiger partial charge on any atom is 0.296 e. The topological polar surface area (TPSA) is 144 Å².